The van der Waals surface area contributed by atoms with Crippen molar-refractivity contribution in [3.05, 3.63) is 35.9 Å². The van der Waals surface area contributed by atoms with Gasteiger partial charge in [0.25, 0.3) is 0 Å². The second kappa shape index (κ2) is 4.97. The van der Waals surface area contributed by atoms with Crippen molar-refractivity contribution in [2.75, 3.05) is 0 Å². The van der Waals surface area contributed by atoms with E-state index in [1.165, 1.54) is 0 Å². The van der Waals surface area contributed by atoms with Crippen molar-refractivity contribution in [2.45, 2.75) is 32.0 Å². The van der Waals surface area contributed by atoms with Crippen LogP contribution in [0.1, 0.15) is 18.9 Å². The number of aliphatic hydroxyl groups excluding tert-OH is 1. The van der Waals surface area contributed by atoms with Gasteiger partial charge in [-0.1, -0.05) is 30.3 Å². The molecule has 0 saturated heterocycles. The third-order valence-corrected chi connectivity index (χ3v) is 1.90. The second-order valence-corrected chi connectivity index (χ2v) is 3.37. The van der Waals surface area contributed by atoms with Crippen LogP contribution in [0.3, 0.4) is 0 Å². The lowest BCUT2D eigenvalue weighted by Gasteiger charge is -2.09. The molecule has 0 aliphatic carbocycles. The van der Waals surface area contributed by atoms with Gasteiger partial charge >= 0.3 is 0 Å². The standard InChI is InChI=1S/C11H15FO/c1-9(13)7-11(12)8-10-5-3-2-4-6-10/h2-6,9,11,13H,7-8H2,1H3. The lowest BCUT2D eigenvalue weighted by molar-refractivity contribution is 0.141. The topological polar surface area (TPSA) is 20.2 Å². The molecule has 1 N–H and O–H groups in total. The zero-order valence-electron chi connectivity index (χ0n) is 7.78. The first-order valence-electron chi connectivity index (χ1n) is 4.54. The van der Waals surface area contributed by atoms with Crippen molar-refractivity contribution in [3.63, 3.8) is 0 Å². The molecule has 0 saturated carbocycles. The summed E-state index contributed by atoms with van der Waals surface area (Å²) in [4.78, 5) is 0. The maximum absolute atomic E-state index is 13.2. The van der Waals surface area contributed by atoms with Gasteiger partial charge in [-0.2, -0.15) is 0 Å². The van der Waals surface area contributed by atoms with Gasteiger partial charge in [0.05, 0.1) is 6.10 Å². The highest BCUT2D eigenvalue weighted by Gasteiger charge is 2.10. The molecule has 0 aromatic heterocycles. The minimum absolute atomic E-state index is 0.217. The molecular weight excluding hydrogens is 167 g/mol. The largest absolute Gasteiger partial charge is 0.393 e. The maximum atomic E-state index is 13.2. The number of hydrogen-bond acceptors (Lipinski definition) is 1. The van der Waals surface area contributed by atoms with Crippen LogP contribution in [-0.2, 0) is 6.42 Å². The summed E-state index contributed by atoms with van der Waals surface area (Å²) in [6.45, 7) is 1.61. The van der Waals surface area contributed by atoms with Crippen LogP contribution in [0.15, 0.2) is 30.3 Å². The molecule has 2 heteroatoms. The molecule has 1 aromatic carbocycles. The first-order valence-corrected chi connectivity index (χ1v) is 4.54. The Morgan fingerprint density at radius 2 is 1.92 bits per heavy atom. The smallest absolute Gasteiger partial charge is 0.107 e. The van der Waals surface area contributed by atoms with Crippen molar-refractivity contribution in [2.24, 2.45) is 0 Å². The highest BCUT2D eigenvalue weighted by Crippen LogP contribution is 2.10. The van der Waals surface area contributed by atoms with Crippen molar-refractivity contribution < 1.29 is 9.50 Å². The van der Waals surface area contributed by atoms with Crippen molar-refractivity contribution >= 4 is 0 Å². The summed E-state index contributed by atoms with van der Waals surface area (Å²) in [5.74, 6) is 0. The maximum Gasteiger partial charge on any atom is 0.107 e. The van der Waals surface area contributed by atoms with Crippen LogP contribution in [0.25, 0.3) is 0 Å². The Bertz CT molecular complexity index is 233. The van der Waals surface area contributed by atoms with Gasteiger partial charge in [0.2, 0.25) is 0 Å². The molecule has 0 aliphatic heterocycles. The predicted octanol–water partition coefficient (Wildman–Crippen LogP) is 2.34. The Morgan fingerprint density at radius 1 is 1.31 bits per heavy atom. The molecule has 0 heterocycles. The predicted molar refractivity (Wildman–Crippen MR) is 51.3 cm³/mol. The molecular formula is C11H15FO. The van der Waals surface area contributed by atoms with E-state index in [0.29, 0.717) is 6.42 Å². The molecule has 72 valence electrons. The van der Waals surface area contributed by atoms with Crippen molar-refractivity contribution in [1.82, 2.24) is 0 Å². The van der Waals surface area contributed by atoms with E-state index in [1.54, 1.807) is 6.92 Å². The van der Waals surface area contributed by atoms with E-state index < -0.39 is 12.3 Å². The number of halogens is 1. The Hall–Kier alpha value is -0.890. The molecule has 0 fully saturated rings. The molecule has 2 atom stereocenters. The minimum Gasteiger partial charge on any atom is -0.393 e. The van der Waals surface area contributed by atoms with Gasteiger partial charge in [-0.15, -0.1) is 0 Å². The van der Waals surface area contributed by atoms with Gasteiger partial charge in [0.1, 0.15) is 6.17 Å². The fraction of sp³-hybridized carbons (Fsp3) is 0.455. The third-order valence-electron chi connectivity index (χ3n) is 1.90. The first kappa shape index (κ1) is 10.2. The van der Waals surface area contributed by atoms with Crippen LogP contribution < -0.4 is 0 Å². The fourth-order valence-electron chi connectivity index (χ4n) is 1.32. The average Bonchev–Trinajstić information content (AvgIpc) is 2.04. The number of aliphatic hydroxyl groups is 1. The third kappa shape index (κ3) is 4.04. The Kier molecular flexibility index (Phi) is 3.90. The molecule has 13 heavy (non-hydrogen) atoms. The summed E-state index contributed by atoms with van der Waals surface area (Å²) < 4.78 is 13.2. The summed E-state index contributed by atoms with van der Waals surface area (Å²) >= 11 is 0. The Balaban J connectivity index is 2.41. The highest BCUT2D eigenvalue weighted by molar-refractivity contribution is 5.15. The lowest BCUT2D eigenvalue weighted by Crippen LogP contribution is -2.13. The van der Waals surface area contributed by atoms with E-state index in [4.69, 9.17) is 5.11 Å². The molecule has 0 amide bonds. The summed E-state index contributed by atoms with van der Waals surface area (Å²) in [5.41, 5.74) is 0.982. The van der Waals surface area contributed by atoms with Crippen LogP contribution >= 0.6 is 0 Å². The molecule has 1 aromatic rings. The van der Waals surface area contributed by atoms with E-state index in [9.17, 15) is 4.39 Å². The SMILES string of the molecule is CC(O)CC(F)Cc1ccccc1. The monoisotopic (exact) mass is 182 g/mol. The highest BCUT2D eigenvalue weighted by atomic mass is 19.1. The normalized spacial score (nSPS) is 15.3. The summed E-state index contributed by atoms with van der Waals surface area (Å²) in [6, 6.07) is 9.49. The molecule has 1 rings (SSSR count). The first-order chi connectivity index (χ1) is 6.18. The molecule has 0 bridgehead atoms. The van der Waals surface area contributed by atoms with E-state index in [0.717, 1.165) is 5.56 Å². The molecule has 0 aliphatic rings. The number of hydrogen-bond donors (Lipinski definition) is 1. The summed E-state index contributed by atoms with van der Waals surface area (Å²) in [6.07, 6.45) is -0.887. The quantitative estimate of drug-likeness (QED) is 0.757. The number of alkyl halides is 1. The van der Waals surface area contributed by atoms with Gasteiger partial charge in [-0.3, -0.25) is 0 Å². The van der Waals surface area contributed by atoms with E-state index in [-0.39, 0.29) is 6.42 Å². The van der Waals surface area contributed by atoms with Gasteiger partial charge in [0, 0.05) is 12.8 Å². The van der Waals surface area contributed by atoms with Crippen LogP contribution in [0.5, 0.6) is 0 Å². The molecule has 0 spiro atoms. The fourth-order valence-corrected chi connectivity index (χ4v) is 1.32. The molecule has 1 nitrogen and oxygen atoms in total. The van der Waals surface area contributed by atoms with Crippen LogP contribution in [0, 0.1) is 0 Å². The van der Waals surface area contributed by atoms with Gasteiger partial charge in [-0.25, -0.2) is 4.39 Å². The van der Waals surface area contributed by atoms with Crippen LogP contribution in [-0.4, -0.2) is 17.4 Å². The lowest BCUT2D eigenvalue weighted by atomic mass is 10.1. The Labute approximate surface area is 78.2 Å². The number of benzene rings is 1. The molecule has 0 radical (unpaired) electrons. The van der Waals surface area contributed by atoms with Crippen LogP contribution in [0.2, 0.25) is 0 Å². The van der Waals surface area contributed by atoms with Gasteiger partial charge in [-0.05, 0) is 12.5 Å². The minimum atomic E-state index is -0.942. The van der Waals surface area contributed by atoms with Gasteiger partial charge < -0.3 is 5.11 Å². The number of rotatable bonds is 4. The van der Waals surface area contributed by atoms with E-state index in [1.807, 2.05) is 30.3 Å². The van der Waals surface area contributed by atoms with E-state index in [2.05, 4.69) is 0 Å². The van der Waals surface area contributed by atoms with Crippen molar-refractivity contribution in [3.8, 4) is 0 Å². The summed E-state index contributed by atoms with van der Waals surface area (Å²) in [5, 5.41) is 8.96. The summed E-state index contributed by atoms with van der Waals surface area (Å²) in [7, 11) is 0. The van der Waals surface area contributed by atoms with Crippen LogP contribution in [0.4, 0.5) is 4.39 Å². The van der Waals surface area contributed by atoms with Gasteiger partial charge in [0.15, 0.2) is 0 Å². The molecule has 2 unspecified atom stereocenters. The zero-order chi connectivity index (χ0) is 9.68. The average molecular weight is 182 g/mol. The zero-order valence-corrected chi connectivity index (χ0v) is 7.78. The second-order valence-electron chi connectivity index (χ2n) is 3.37. The van der Waals surface area contributed by atoms with Crippen molar-refractivity contribution in [1.29, 1.82) is 0 Å². The van der Waals surface area contributed by atoms with E-state index >= 15 is 0 Å². The Morgan fingerprint density at radius 3 is 2.46 bits per heavy atom.